The highest BCUT2D eigenvalue weighted by Crippen LogP contribution is 2.35. The molecule has 5 rings (SSSR count). The molecule has 4 aromatic rings. The van der Waals surface area contributed by atoms with Gasteiger partial charge in [-0.2, -0.15) is 0 Å². The molecule has 0 spiro atoms. The summed E-state index contributed by atoms with van der Waals surface area (Å²) < 4.78 is 12.1. The maximum Gasteiger partial charge on any atom is 0.255 e. The summed E-state index contributed by atoms with van der Waals surface area (Å²) in [4.78, 5) is 31.4. The topological polar surface area (TPSA) is 84.7 Å². The van der Waals surface area contributed by atoms with Crippen molar-refractivity contribution in [2.24, 2.45) is 0 Å². The van der Waals surface area contributed by atoms with E-state index in [1.807, 2.05) is 22.4 Å². The number of nitrogens with zero attached hydrogens (tertiary/aromatic N) is 2. The summed E-state index contributed by atoms with van der Waals surface area (Å²) in [5.74, 6) is 0.329. The third-order valence-electron chi connectivity index (χ3n) is 5.13. The van der Waals surface area contributed by atoms with Gasteiger partial charge in [-0.3, -0.25) is 14.6 Å². The number of benzene rings is 1. The molecule has 0 atom stereocenters. The predicted octanol–water partition coefficient (Wildman–Crippen LogP) is 4.01. The van der Waals surface area contributed by atoms with E-state index >= 15 is 0 Å². The van der Waals surface area contributed by atoms with E-state index in [0.717, 1.165) is 11.1 Å². The van der Waals surface area contributed by atoms with E-state index in [1.54, 1.807) is 42.7 Å². The van der Waals surface area contributed by atoms with Crippen LogP contribution in [0.5, 0.6) is 0 Å². The minimum absolute atomic E-state index is 0.0643. The highest BCUT2D eigenvalue weighted by molar-refractivity contribution is 7.17. The summed E-state index contributed by atoms with van der Waals surface area (Å²) in [5.41, 5.74) is 3.28. The van der Waals surface area contributed by atoms with E-state index in [9.17, 15) is 9.59 Å². The van der Waals surface area contributed by atoms with Crippen LogP contribution in [0.15, 0.2) is 69.5 Å². The highest BCUT2D eigenvalue weighted by atomic mass is 32.1. The average molecular weight is 433 g/mol. The first-order valence-electron chi connectivity index (χ1n) is 9.89. The molecule has 156 valence electrons. The average Bonchev–Trinajstić information content (AvgIpc) is 3.25. The Morgan fingerprint density at radius 1 is 1.10 bits per heavy atom. The van der Waals surface area contributed by atoms with Crippen molar-refractivity contribution < 1.29 is 13.9 Å². The minimum Gasteiger partial charge on any atom is -0.439 e. The molecule has 3 aromatic heterocycles. The fraction of sp³-hybridized carbons (Fsp3) is 0.174. The molecule has 4 heterocycles. The Morgan fingerprint density at radius 3 is 2.71 bits per heavy atom. The van der Waals surface area contributed by atoms with Crippen molar-refractivity contribution in [2.45, 2.75) is 0 Å². The first-order valence-corrected chi connectivity index (χ1v) is 10.8. The number of carbonyl (C=O) groups excluding carboxylic acids is 1. The Kier molecular flexibility index (Phi) is 5.23. The van der Waals surface area contributed by atoms with Gasteiger partial charge in [-0.25, -0.2) is 0 Å². The number of morpholine rings is 1. The van der Waals surface area contributed by atoms with Crippen molar-refractivity contribution in [3.05, 3.63) is 76.0 Å². The molecule has 8 heteroatoms. The van der Waals surface area contributed by atoms with Gasteiger partial charge in [0.2, 0.25) is 5.43 Å². The molecule has 1 aromatic carbocycles. The van der Waals surface area contributed by atoms with Crippen molar-refractivity contribution >= 4 is 39.1 Å². The zero-order chi connectivity index (χ0) is 21.2. The Hall–Kier alpha value is -3.49. The lowest BCUT2D eigenvalue weighted by Crippen LogP contribution is -2.36. The molecule has 1 fully saturated rings. The molecule has 7 nitrogen and oxygen atoms in total. The molecule has 0 bridgehead atoms. The number of pyridine rings is 1. The van der Waals surface area contributed by atoms with Crippen molar-refractivity contribution in [1.82, 2.24) is 4.98 Å². The Morgan fingerprint density at radius 2 is 1.90 bits per heavy atom. The van der Waals surface area contributed by atoms with Gasteiger partial charge in [0.05, 0.1) is 13.2 Å². The van der Waals surface area contributed by atoms with Gasteiger partial charge in [0, 0.05) is 53.7 Å². The van der Waals surface area contributed by atoms with Crippen LogP contribution in [-0.2, 0) is 4.74 Å². The predicted molar refractivity (Wildman–Crippen MR) is 121 cm³/mol. The van der Waals surface area contributed by atoms with E-state index in [1.165, 1.54) is 11.3 Å². The van der Waals surface area contributed by atoms with E-state index in [2.05, 4.69) is 10.3 Å². The second kappa shape index (κ2) is 8.33. The summed E-state index contributed by atoms with van der Waals surface area (Å²) >= 11 is 1.35. The molecule has 31 heavy (non-hydrogen) atoms. The van der Waals surface area contributed by atoms with Crippen LogP contribution in [0.4, 0.5) is 11.6 Å². The number of hydrogen-bond acceptors (Lipinski definition) is 7. The zero-order valence-electron chi connectivity index (χ0n) is 16.5. The van der Waals surface area contributed by atoms with Crippen LogP contribution in [0.25, 0.3) is 21.4 Å². The fourth-order valence-corrected chi connectivity index (χ4v) is 4.45. The first-order chi connectivity index (χ1) is 15.2. The van der Waals surface area contributed by atoms with Crippen molar-refractivity contribution in [3.8, 4) is 11.1 Å². The van der Waals surface area contributed by atoms with Crippen LogP contribution in [0.2, 0.25) is 0 Å². The lowest BCUT2D eigenvalue weighted by Gasteiger charge is -2.27. The second-order valence-electron chi connectivity index (χ2n) is 7.13. The Labute approximate surface area is 181 Å². The number of ether oxygens (including phenoxy) is 1. The molecule has 1 amide bonds. The van der Waals surface area contributed by atoms with E-state index in [4.69, 9.17) is 9.15 Å². The molecule has 1 aliphatic heterocycles. The third kappa shape index (κ3) is 3.95. The number of aromatic nitrogens is 1. The van der Waals surface area contributed by atoms with Gasteiger partial charge in [0.15, 0.2) is 11.5 Å². The maximum absolute atomic E-state index is 12.7. The molecule has 0 aliphatic carbocycles. The fourth-order valence-electron chi connectivity index (χ4n) is 3.54. The summed E-state index contributed by atoms with van der Waals surface area (Å²) in [6.45, 7) is 2.57. The van der Waals surface area contributed by atoms with Crippen molar-refractivity contribution in [2.75, 3.05) is 36.5 Å². The minimum atomic E-state index is -0.219. The van der Waals surface area contributed by atoms with Crippen LogP contribution in [0, 0.1) is 0 Å². The van der Waals surface area contributed by atoms with Crippen LogP contribution >= 0.6 is 11.3 Å². The normalized spacial score (nSPS) is 14.0. The SMILES string of the molecule is O=C(Nc1ccncc1)c1cccc(-c2csc3c(=O)cc(N4CCOCC4)oc23)c1. The number of fused-ring (bicyclic) bond motifs is 1. The maximum atomic E-state index is 12.7. The lowest BCUT2D eigenvalue weighted by molar-refractivity contribution is 0.102. The molecule has 1 saturated heterocycles. The summed E-state index contributed by atoms with van der Waals surface area (Å²) in [5, 5.41) is 4.76. The Bertz CT molecular complexity index is 1290. The monoisotopic (exact) mass is 433 g/mol. The number of carbonyl (C=O) groups is 1. The van der Waals surface area contributed by atoms with Crippen molar-refractivity contribution in [3.63, 3.8) is 0 Å². The molecule has 1 aliphatic rings. The van der Waals surface area contributed by atoms with Gasteiger partial charge in [0.1, 0.15) is 4.70 Å². The molecule has 0 unspecified atom stereocenters. The largest absolute Gasteiger partial charge is 0.439 e. The van der Waals surface area contributed by atoms with E-state index in [-0.39, 0.29) is 11.3 Å². The van der Waals surface area contributed by atoms with Crippen LogP contribution in [0.1, 0.15) is 10.4 Å². The second-order valence-corrected chi connectivity index (χ2v) is 8.01. The molecule has 1 N–H and O–H groups in total. The smallest absolute Gasteiger partial charge is 0.255 e. The number of amides is 1. The number of rotatable bonds is 4. The quantitative estimate of drug-likeness (QED) is 0.524. The molecular formula is C23H19N3O4S. The van der Waals surface area contributed by atoms with E-state index in [0.29, 0.717) is 53.7 Å². The standard InChI is InChI=1S/C23H19N3O4S/c27-19-13-20(26-8-10-29-11-9-26)30-21-18(14-31-22(19)21)15-2-1-3-16(12-15)23(28)25-17-4-6-24-7-5-17/h1-7,12-14H,8-11H2,(H,24,25,28). The van der Waals surface area contributed by atoms with Gasteiger partial charge in [-0.15, -0.1) is 11.3 Å². The molecule has 0 saturated carbocycles. The number of nitrogens with one attached hydrogen (secondary N) is 1. The van der Waals surface area contributed by atoms with Gasteiger partial charge in [-0.1, -0.05) is 12.1 Å². The highest BCUT2D eigenvalue weighted by Gasteiger charge is 2.19. The summed E-state index contributed by atoms with van der Waals surface area (Å²) in [6, 6.07) is 12.3. The van der Waals surface area contributed by atoms with Gasteiger partial charge in [0.25, 0.3) is 5.91 Å². The molecule has 0 radical (unpaired) electrons. The van der Waals surface area contributed by atoms with Crippen LogP contribution in [0.3, 0.4) is 0 Å². The van der Waals surface area contributed by atoms with Gasteiger partial charge < -0.3 is 19.4 Å². The summed E-state index contributed by atoms with van der Waals surface area (Å²) in [6.07, 6.45) is 3.25. The lowest BCUT2D eigenvalue weighted by atomic mass is 10.0. The summed E-state index contributed by atoms with van der Waals surface area (Å²) in [7, 11) is 0. The van der Waals surface area contributed by atoms with Gasteiger partial charge in [-0.05, 0) is 29.8 Å². The van der Waals surface area contributed by atoms with Crippen LogP contribution < -0.4 is 15.6 Å². The van der Waals surface area contributed by atoms with Crippen LogP contribution in [-0.4, -0.2) is 37.2 Å². The van der Waals surface area contributed by atoms with Gasteiger partial charge >= 0.3 is 0 Å². The first kappa shape index (κ1) is 19.5. The number of hydrogen-bond donors (Lipinski definition) is 1. The Balaban J connectivity index is 1.50. The van der Waals surface area contributed by atoms with Crippen molar-refractivity contribution in [1.29, 1.82) is 0 Å². The van der Waals surface area contributed by atoms with E-state index < -0.39 is 0 Å². The molecular weight excluding hydrogens is 414 g/mol. The number of thiophene rings is 1. The number of anilines is 2. The zero-order valence-corrected chi connectivity index (χ0v) is 17.4. The third-order valence-corrected chi connectivity index (χ3v) is 6.10.